The van der Waals surface area contributed by atoms with Gasteiger partial charge in [-0.25, -0.2) is 4.98 Å². The molecule has 0 unspecified atom stereocenters. The van der Waals surface area contributed by atoms with E-state index in [9.17, 15) is 14.4 Å². The van der Waals surface area contributed by atoms with Gasteiger partial charge in [-0.3, -0.25) is 14.4 Å². The van der Waals surface area contributed by atoms with E-state index in [0.29, 0.717) is 35.9 Å². The molecule has 2 aliphatic carbocycles. The molecule has 10 nitrogen and oxygen atoms in total. The zero-order chi connectivity index (χ0) is 28.6. The Kier molecular flexibility index (Phi) is 6.90. The molecule has 0 aliphatic heterocycles. The quantitative estimate of drug-likeness (QED) is 0.254. The van der Waals surface area contributed by atoms with Crippen molar-refractivity contribution < 1.29 is 14.4 Å². The molecule has 3 N–H and O–H groups in total. The summed E-state index contributed by atoms with van der Waals surface area (Å²) >= 11 is 0. The molecule has 0 atom stereocenters. The van der Waals surface area contributed by atoms with Crippen molar-refractivity contribution in [1.29, 1.82) is 0 Å². The van der Waals surface area contributed by atoms with Gasteiger partial charge >= 0.3 is 0 Å². The average molecular weight is 552 g/mol. The van der Waals surface area contributed by atoms with Gasteiger partial charge in [-0.05, 0) is 68.1 Å². The maximum absolute atomic E-state index is 13.0. The van der Waals surface area contributed by atoms with E-state index in [1.807, 2.05) is 36.4 Å². The number of amides is 3. The summed E-state index contributed by atoms with van der Waals surface area (Å²) < 4.78 is 2.08. The minimum Gasteiger partial charge on any atom is -0.343 e. The van der Waals surface area contributed by atoms with Crippen molar-refractivity contribution in [3.05, 3.63) is 72.6 Å². The van der Waals surface area contributed by atoms with Crippen LogP contribution in [-0.4, -0.2) is 51.3 Å². The molecule has 0 bridgehead atoms. The molecule has 3 amide bonds. The summed E-state index contributed by atoms with van der Waals surface area (Å²) in [5, 5.41) is 9.80. The van der Waals surface area contributed by atoms with E-state index in [1.54, 1.807) is 49.5 Å². The first kappa shape index (κ1) is 26.5. The lowest BCUT2D eigenvalue weighted by Gasteiger charge is -2.19. The van der Waals surface area contributed by atoms with Crippen LogP contribution in [0.15, 0.2) is 66.9 Å². The molecule has 0 saturated heterocycles. The Morgan fingerprint density at radius 2 is 1.49 bits per heavy atom. The van der Waals surface area contributed by atoms with Gasteiger partial charge in [0.2, 0.25) is 17.8 Å². The molecule has 0 radical (unpaired) electrons. The summed E-state index contributed by atoms with van der Waals surface area (Å²) in [4.78, 5) is 49.7. The number of fused-ring (bicyclic) bond motifs is 1. The third-order valence-corrected chi connectivity index (χ3v) is 7.94. The van der Waals surface area contributed by atoms with Crippen LogP contribution in [0.25, 0.3) is 11.0 Å². The molecule has 2 fully saturated rings. The second-order valence-corrected chi connectivity index (χ2v) is 11.1. The Hall–Kier alpha value is -4.73. The fourth-order valence-electron chi connectivity index (χ4n) is 5.47. The van der Waals surface area contributed by atoms with Crippen LogP contribution in [-0.2, 0) is 9.59 Å². The Morgan fingerprint density at radius 3 is 2.10 bits per heavy atom. The second-order valence-electron chi connectivity index (χ2n) is 11.1. The molecule has 6 rings (SSSR count). The third kappa shape index (κ3) is 5.25. The maximum Gasteiger partial charge on any atom is 0.270 e. The van der Waals surface area contributed by atoms with Crippen molar-refractivity contribution in [3.8, 4) is 0 Å². The van der Waals surface area contributed by atoms with Crippen molar-refractivity contribution in [1.82, 2.24) is 19.4 Å². The standard InChI is InChI=1S/C31H33N7O3/c1-37(2)27(39)25-18-20-19-32-30(36-26(20)38(25)24-10-6-7-11-24)35-23-14-12-22(13-15-23)34-29(41)31(16-17-31)28(40)33-21-8-4-3-5-9-21/h3-5,8-9,12-15,18-19,24H,6-7,10-11,16-17H2,1-2H3,(H,33,40)(H,34,41)(H,32,35,36). The highest BCUT2D eigenvalue weighted by Gasteiger charge is 2.56. The zero-order valence-electron chi connectivity index (χ0n) is 23.2. The first-order valence-electron chi connectivity index (χ1n) is 14.0. The summed E-state index contributed by atoms with van der Waals surface area (Å²) in [5.41, 5.74) is 2.34. The number of aromatic nitrogens is 3. The largest absolute Gasteiger partial charge is 0.343 e. The minimum atomic E-state index is -1.04. The SMILES string of the molecule is CN(C)C(=O)c1cc2cnc(Nc3ccc(NC(=O)C4(C(=O)Nc5ccccc5)CC4)cc3)nc2n1C1CCCC1. The van der Waals surface area contributed by atoms with Crippen LogP contribution in [0.4, 0.5) is 23.0 Å². The van der Waals surface area contributed by atoms with E-state index in [4.69, 9.17) is 4.98 Å². The van der Waals surface area contributed by atoms with Gasteiger partial charge < -0.3 is 25.4 Å². The monoisotopic (exact) mass is 551 g/mol. The molecule has 4 aromatic rings. The van der Waals surface area contributed by atoms with E-state index in [-0.39, 0.29) is 23.8 Å². The molecule has 2 aliphatic rings. The molecule has 210 valence electrons. The van der Waals surface area contributed by atoms with E-state index >= 15 is 0 Å². The van der Waals surface area contributed by atoms with Gasteiger partial charge in [0.05, 0.1) is 0 Å². The molecular weight excluding hydrogens is 518 g/mol. The van der Waals surface area contributed by atoms with Gasteiger partial charge in [0.1, 0.15) is 16.8 Å². The van der Waals surface area contributed by atoms with E-state index in [1.165, 1.54) is 0 Å². The lowest BCUT2D eigenvalue weighted by atomic mass is 10.0. The summed E-state index contributed by atoms with van der Waals surface area (Å²) in [7, 11) is 3.52. The van der Waals surface area contributed by atoms with Gasteiger partial charge in [0.15, 0.2) is 0 Å². The molecule has 2 aromatic carbocycles. The first-order valence-corrected chi connectivity index (χ1v) is 14.0. The lowest BCUT2D eigenvalue weighted by molar-refractivity contribution is -0.131. The van der Waals surface area contributed by atoms with Gasteiger partial charge in [0.25, 0.3) is 5.91 Å². The second kappa shape index (κ2) is 10.7. The number of carbonyl (C=O) groups excluding carboxylic acids is 3. The highest BCUT2D eigenvalue weighted by Crippen LogP contribution is 2.47. The number of hydrogen-bond acceptors (Lipinski definition) is 6. The van der Waals surface area contributed by atoms with Crippen LogP contribution in [0.5, 0.6) is 0 Å². The van der Waals surface area contributed by atoms with E-state index in [0.717, 1.165) is 42.4 Å². The number of para-hydroxylation sites is 1. The van der Waals surface area contributed by atoms with Crippen LogP contribution in [0.2, 0.25) is 0 Å². The highest BCUT2D eigenvalue weighted by molar-refractivity contribution is 6.16. The summed E-state index contributed by atoms with van der Waals surface area (Å²) in [6.07, 6.45) is 7.09. The fourth-order valence-corrected chi connectivity index (χ4v) is 5.47. The van der Waals surface area contributed by atoms with Gasteiger partial charge in [-0.2, -0.15) is 4.98 Å². The Bertz CT molecular complexity index is 1600. The van der Waals surface area contributed by atoms with Gasteiger partial charge in [0, 0.05) is 48.8 Å². The Labute approximate surface area is 238 Å². The minimum absolute atomic E-state index is 0.0485. The first-order chi connectivity index (χ1) is 19.8. The summed E-state index contributed by atoms with van der Waals surface area (Å²) in [5.74, 6) is -0.224. The van der Waals surface area contributed by atoms with Crippen molar-refractivity contribution in [3.63, 3.8) is 0 Å². The highest BCUT2D eigenvalue weighted by atomic mass is 16.2. The topological polar surface area (TPSA) is 121 Å². The van der Waals surface area contributed by atoms with Gasteiger partial charge in [-0.1, -0.05) is 31.0 Å². The molecule has 2 saturated carbocycles. The van der Waals surface area contributed by atoms with Crippen molar-refractivity contribution in [2.75, 3.05) is 30.0 Å². The number of nitrogens with zero attached hydrogens (tertiary/aromatic N) is 4. The summed E-state index contributed by atoms with van der Waals surface area (Å²) in [6.45, 7) is 0. The van der Waals surface area contributed by atoms with Crippen molar-refractivity contribution >= 4 is 51.8 Å². The zero-order valence-corrected chi connectivity index (χ0v) is 23.2. The average Bonchev–Trinajstić information content (AvgIpc) is 3.46. The molecule has 2 heterocycles. The van der Waals surface area contributed by atoms with E-state index < -0.39 is 5.41 Å². The lowest BCUT2D eigenvalue weighted by Crippen LogP contribution is -2.35. The Balaban J connectivity index is 1.16. The van der Waals surface area contributed by atoms with Crippen molar-refractivity contribution in [2.45, 2.75) is 44.6 Å². The third-order valence-electron chi connectivity index (χ3n) is 7.94. The molecule has 0 spiro atoms. The van der Waals surface area contributed by atoms with E-state index in [2.05, 4.69) is 25.5 Å². The molecule has 41 heavy (non-hydrogen) atoms. The normalized spacial score (nSPS) is 15.9. The van der Waals surface area contributed by atoms with Crippen LogP contribution in [0.3, 0.4) is 0 Å². The van der Waals surface area contributed by atoms with Crippen LogP contribution in [0.1, 0.15) is 55.1 Å². The number of anilines is 4. The molecule has 2 aromatic heterocycles. The molecular formula is C31H33N7O3. The van der Waals surface area contributed by atoms with Crippen LogP contribution < -0.4 is 16.0 Å². The van der Waals surface area contributed by atoms with Crippen LogP contribution in [0, 0.1) is 5.41 Å². The number of benzene rings is 2. The maximum atomic E-state index is 13.0. The fraction of sp³-hybridized carbons (Fsp3) is 0.323. The number of nitrogens with one attached hydrogen (secondary N) is 3. The van der Waals surface area contributed by atoms with Crippen molar-refractivity contribution in [2.24, 2.45) is 5.41 Å². The predicted molar refractivity (Wildman–Crippen MR) is 158 cm³/mol. The molecule has 10 heteroatoms. The van der Waals surface area contributed by atoms with Crippen LogP contribution >= 0.6 is 0 Å². The number of carbonyl (C=O) groups is 3. The van der Waals surface area contributed by atoms with Gasteiger partial charge in [-0.15, -0.1) is 0 Å². The summed E-state index contributed by atoms with van der Waals surface area (Å²) in [6, 6.07) is 18.5. The number of rotatable bonds is 8. The smallest absolute Gasteiger partial charge is 0.270 e. The number of hydrogen-bond donors (Lipinski definition) is 3. The predicted octanol–water partition coefficient (Wildman–Crippen LogP) is 5.35. The Morgan fingerprint density at radius 1 is 0.878 bits per heavy atom.